The highest BCUT2D eigenvalue weighted by Crippen LogP contribution is 1.69. The van der Waals surface area contributed by atoms with Crippen molar-refractivity contribution in [3.8, 4) is 11.8 Å². The van der Waals surface area contributed by atoms with Crippen molar-refractivity contribution in [2.45, 2.75) is 13.3 Å². The van der Waals surface area contributed by atoms with Gasteiger partial charge in [-0.2, -0.15) is 0 Å². The minimum Gasteiger partial charge on any atom is -0.106 e. The molecule has 0 rings (SSSR count). The van der Waals surface area contributed by atoms with Crippen molar-refractivity contribution >= 4 is 0 Å². The van der Waals surface area contributed by atoms with Crippen molar-refractivity contribution in [1.82, 2.24) is 0 Å². The van der Waals surface area contributed by atoms with E-state index in [4.69, 9.17) is 6.58 Å². The Labute approximate surface area is 38.9 Å². The minimum atomic E-state index is 0.705. The Bertz CT molecular complexity index is 79.9. The first-order valence-electron chi connectivity index (χ1n) is 1.85. The van der Waals surface area contributed by atoms with E-state index in [-0.39, 0.29) is 0 Å². The molecule has 31 valence electrons. The number of rotatable bonds is 1. The fraction of sp³-hybridized carbons (Fsp3) is 0.333. The van der Waals surface area contributed by atoms with Crippen LogP contribution in [0, 0.1) is 18.4 Å². The van der Waals surface area contributed by atoms with Crippen molar-refractivity contribution < 1.29 is 0 Å². The molecule has 0 aliphatic heterocycles. The van der Waals surface area contributed by atoms with E-state index in [1.165, 1.54) is 6.08 Å². The molecule has 0 heteroatoms. The molecule has 0 aromatic rings. The molecule has 0 aromatic carbocycles. The maximum absolute atomic E-state index is 4.99. The van der Waals surface area contributed by atoms with Crippen LogP contribution in [0.5, 0.6) is 0 Å². The minimum absolute atomic E-state index is 0.705. The molecule has 0 spiro atoms. The first-order chi connectivity index (χ1) is 2.91. The van der Waals surface area contributed by atoms with Crippen molar-refractivity contribution in [1.29, 1.82) is 0 Å². The predicted octanol–water partition coefficient (Wildman–Crippen LogP) is 1.39. The molecule has 6 heavy (non-hydrogen) atoms. The highest BCUT2D eigenvalue weighted by molar-refractivity contribution is 4.98. The molecule has 0 aromatic heterocycles. The second-order valence-electron chi connectivity index (χ2n) is 0.867. The van der Waals surface area contributed by atoms with Crippen LogP contribution in [0.25, 0.3) is 0 Å². The van der Waals surface area contributed by atoms with E-state index in [0.717, 1.165) is 0 Å². The lowest BCUT2D eigenvalue weighted by Crippen LogP contribution is -1.50. The van der Waals surface area contributed by atoms with E-state index < -0.39 is 0 Å². The fourth-order valence-electron chi connectivity index (χ4n) is 0.161. The molecule has 0 amide bonds. The van der Waals surface area contributed by atoms with Gasteiger partial charge in [0.05, 0.1) is 0 Å². The smallest absolute Gasteiger partial charge is 0.0272 e. The summed E-state index contributed by atoms with van der Waals surface area (Å²) in [5.74, 6) is 5.47. The van der Waals surface area contributed by atoms with E-state index in [1.807, 2.05) is 0 Å². The highest BCUT2D eigenvalue weighted by atomic mass is 13.6. The lowest BCUT2D eigenvalue weighted by atomic mass is 10.4. The largest absolute Gasteiger partial charge is 0.106 e. The SMILES string of the molecule is [CH]=CCC#CC. The van der Waals surface area contributed by atoms with Crippen LogP contribution in [0.4, 0.5) is 0 Å². The quantitative estimate of drug-likeness (QED) is 0.416. The molecule has 0 N–H and O–H groups in total. The zero-order valence-corrected chi connectivity index (χ0v) is 3.86. The molecule has 0 aliphatic carbocycles. The predicted molar refractivity (Wildman–Crippen MR) is 26.9 cm³/mol. The van der Waals surface area contributed by atoms with E-state index in [1.54, 1.807) is 6.92 Å². The van der Waals surface area contributed by atoms with Crippen molar-refractivity contribution in [2.75, 3.05) is 0 Å². The van der Waals surface area contributed by atoms with Crippen molar-refractivity contribution in [2.24, 2.45) is 0 Å². The summed E-state index contributed by atoms with van der Waals surface area (Å²) >= 11 is 0. The van der Waals surface area contributed by atoms with Gasteiger partial charge in [0.2, 0.25) is 0 Å². The van der Waals surface area contributed by atoms with Gasteiger partial charge >= 0.3 is 0 Å². The van der Waals surface area contributed by atoms with Gasteiger partial charge in [-0.15, -0.1) is 5.92 Å². The third kappa shape index (κ3) is 3.30. The maximum Gasteiger partial charge on any atom is 0.0272 e. The summed E-state index contributed by atoms with van der Waals surface area (Å²) in [5, 5.41) is 0. The van der Waals surface area contributed by atoms with Crippen molar-refractivity contribution in [3.63, 3.8) is 0 Å². The Morgan fingerprint density at radius 2 is 2.50 bits per heavy atom. The van der Waals surface area contributed by atoms with Gasteiger partial charge in [0.25, 0.3) is 0 Å². The standard InChI is InChI=1S/C6H7/c1-3-5-6-4-2/h1,3H,5H2,2H3. The summed E-state index contributed by atoms with van der Waals surface area (Å²) in [6, 6.07) is 0. The monoisotopic (exact) mass is 79.1 g/mol. The van der Waals surface area contributed by atoms with Gasteiger partial charge in [0.1, 0.15) is 0 Å². The summed E-state index contributed by atoms with van der Waals surface area (Å²) in [6.45, 7) is 6.78. The van der Waals surface area contributed by atoms with Gasteiger partial charge in [0.15, 0.2) is 0 Å². The van der Waals surface area contributed by atoms with Crippen LogP contribution in [0.15, 0.2) is 6.08 Å². The van der Waals surface area contributed by atoms with Gasteiger partial charge in [-0.25, -0.2) is 0 Å². The van der Waals surface area contributed by atoms with Crippen LogP contribution in [0.1, 0.15) is 13.3 Å². The van der Waals surface area contributed by atoms with Crippen LogP contribution in [0.2, 0.25) is 0 Å². The molecule has 1 radical (unpaired) electrons. The van der Waals surface area contributed by atoms with Crippen LogP contribution < -0.4 is 0 Å². The third-order valence-electron chi connectivity index (χ3n) is 0.397. The second kappa shape index (κ2) is 4.30. The average Bonchev–Trinajstić information content (AvgIpc) is 1.61. The molecular formula is C6H7. The summed E-state index contributed by atoms with van der Waals surface area (Å²) in [6.07, 6.45) is 2.24. The highest BCUT2D eigenvalue weighted by Gasteiger charge is 1.55. The Morgan fingerprint density at radius 1 is 1.83 bits per heavy atom. The Balaban J connectivity index is 3.00. The summed E-state index contributed by atoms with van der Waals surface area (Å²) in [7, 11) is 0. The van der Waals surface area contributed by atoms with Gasteiger partial charge in [-0.3, -0.25) is 0 Å². The van der Waals surface area contributed by atoms with Gasteiger partial charge in [0, 0.05) is 6.42 Å². The Kier molecular flexibility index (Phi) is 3.80. The summed E-state index contributed by atoms with van der Waals surface area (Å²) in [4.78, 5) is 0. The van der Waals surface area contributed by atoms with Crippen molar-refractivity contribution in [3.05, 3.63) is 12.7 Å². The molecule has 0 saturated carbocycles. The molecule has 0 saturated heterocycles. The van der Waals surface area contributed by atoms with Crippen LogP contribution >= 0.6 is 0 Å². The summed E-state index contributed by atoms with van der Waals surface area (Å²) < 4.78 is 0. The van der Waals surface area contributed by atoms with E-state index in [2.05, 4.69) is 11.8 Å². The summed E-state index contributed by atoms with van der Waals surface area (Å²) in [5.41, 5.74) is 0. The number of hydrogen-bond acceptors (Lipinski definition) is 0. The number of hydrogen-bond donors (Lipinski definition) is 0. The molecule has 0 aliphatic rings. The van der Waals surface area contributed by atoms with E-state index >= 15 is 0 Å². The third-order valence-corrected chi connectivity index (χ3v) is 0.397. The fourth-order valence-corrected chi connectivity index (χ4v) is 0.161. The Hall–Kier alpha value is -0.700. The zero-order chi connectivity index (χ0) is 4.83. The topological polar surface area (TPSA) is 0 Å². The molecule has 0 heterocycles. The lowest BCUT2D eigenvalue weighted by Gasteiger charge is -1.63. The van der Waals surface area contributed by atoms with Gasteiger partial charge < -0.3 is 0 Å². The van der Waals surface area contributed by atoms with E-state index in [9.17, 15) is 0 Å². The van der Waals surface area contributed by atoms with Gasteiger partial charge in [-0.05, 0) is 6.92 Å². The number of allylic oxidation sites excluding steroid dienone is 1. The molecular weight excluding hydrogens is 72.1 g/mol. The molecule has 0 unspecified atom stereocenters. The van der Waals surface area contributed by atoms with E-state index in [0.29, 0.717) is 6.42 Å². The van der Waals surface area contributed by atoms with Gasteiger partial charge in [-0.1, -0.05) is 18.6 Å². The normalized spacial score (nSPS) is 5.50. The van der Waals surface area contributed by atoms with Crippen LogP contribution in [0.3, 0.4) is 0 Å². The zero-order valence-electron chi connectivity index (χ0n) is 3.86. The Morgan fingerprint density at radius 3 is 2.67 bits per heavy atom. The second-order valence-corrected chi connectivity index (χ2v) is 0.867. The first-order valence-corrected chi connectivity index (χ1v) is 1.85. The van der Waals surface area contributed by atoms with Crippen LogP contribution in [-0.2, 0) is 0 Å². The lowest BCUT2D eigenvalue weighted by molar-refractivity contribution is 1.48. The maximum atomic E-state index is 4.99. The molecule has 0 atom stereocenters. The first kappa shape index (κ1) is 5.30. The molecule has 0 bridgehead atoms. The molecule has 0 nitrogen and oxygen atoms in total. The average molecular weight is 79.1 g/mol. The van der Waals surface area contributed by atoms with Crippen LogP contribution in [-0.4, -0.2) is 0 Å². The molecule has 0 fully saturated rings.